The highest BCUT2D eigenvalue weighted by Gasteiger charge is 2.16. The highest BCUT2D eigenvalue weighted by Crippen LogP contribution is 2.10. The maximum atomic E-state index is 11.3. The molecule has 0 aliphatic carbocycles. The van der Waals surface area contributed by atoms with Gasteiger partial charge in [0.15, 0.2) is 0 Å². The fraction of sp³-hybridized carbons (Fsp3) is 0.400. The van der Waals surface area contributed by atoms with Crippen LogP contribution in [0.25, 0.3) is 0 Å². The third-order valence-corrected chi connectivity index (χ3v) is 3.62. The molecule has 0 spiro atoms. The van der Waals surface area contributed by atoms with Crippen molar-refractivity contribution in [3.8, 4) is 0 Å². The summed E-state index contributed by atoms with van der Waals surface area (Å²) in [5.41, 5.74) is 0. The van der Waals surface area contributed by atoms with Gasteiger partial charge in [0.2, 0.25) is 4.34 Å². The molecule has 1 rings (SSSR count). The Morgan fingerprint density at radius 1 is 1.58 bits per heavy atom. The van der Waals surface area contributed by atoms with E-state index in [1.54, 1.807) is 19.5 Å². The fourth-order valence-electron chi connectivity index (χ4n) is 0.622. The Labute approximate surface area is 75.1 Å². The first-order valence-electron chi connectivity index (χ1n) is 3.11. The van der Waals surface area contributed by atoms with Gasteiger partial charge in [-0.2, -0.15) is 0 Å². The average molecular weight is 207 g/mol. The second-order valence-corrected chi connectivity index (χ2v) is 5.02. The molecule has 0 aliphatic heterocycles. The molecule has 0 fully saturated rings. The average Bonchev–Trinajstić information content (AvgIpc) is 2.32. The van der Waals surface area contributed by atoms with Crippen LogP contribution >= 0.6 is 11.3 Å². The van der Waals surface area contributed by atoms with Crippen LogP contribution < -0.4 is 4.83 Å². The summed E-state index contributed by atoms with van der Waals surface area (Å²) >= 11 is 1.08. The Kier molecular flexibility index (Phi) is 2.78. The Bertz CT molecular complexity index is 330. The van der Waals surface area contributed by atoms with E-state index in [0.717, 1.165) is 11.3 Å². The van der Waals surface area contributed by atoms with Crippen LogP contribution in [0.3, 0.4) is 0 Å². The first-order chi connectivity index (χ1) is 5.52. The normalized spacial score (nSPS) is 12.2. The van der Waals surface area contributed by atoms with Crippen molar-refractivity contribution in [1.82, 2.24) is 14.8 Å². The molecule has 0 unspecified atom stereocenters. The maximum Gasteiger partial charge on any atom is 0.280 e. The number of sulfonamides is 1. The highest BCUT2D eigenvalue weighted by atomic mass is 32.2. The molecule has 7 heteroatoms. The van der Waals surface area contributed by atoms with Gasteiger partial charge in [0.1, 0.15) is 0 Å². The zero-order chi connectivity index (χ0) is 9.19. The number of hydrogen-bond acceptors (Lipinski definition) is 5. The summed E-state index contributed by atoms with van der Waals surface area (Å²) in [6, 6.07) is 0. The topological polar surface area (TPSA) is 62.3 Å². The van der Waals surface area contributed by atoms with E-state index < -0.39 is 10.0 Å². The van der Waals surface area contributed by atoms with Gasteiger partial charge in [0, 0.05) is 25.7 Å². The summed E-state index contributed by atoms with van der Waals surface area (Å²) in [6.45, 7) is 0. The predicted molar refractivity (Wildman–Crippen MR) is 46.1 cm³/mol. The first kappa shape index (κ1) is 9.59. The molecule has 0 aromatic carbocycles. The van der Waals surface area contributed by atoms with Crippen molar-refractivity contribution < 1.29 is 8.42 Å². The van der Waals surface area contributed by atoms with Gasteiger partial charge < -0.3 is 0 Å². The van der Waals surface area contributed by atoms with Gasteiger partial charge in [-0.3, -0.25) is 0 Å². The number of aromatic nitrogens is 1. The molecular formula is C5H9N3O2S2. The second kappa shape index (κ2) is 3.48. The molecule has 0 bridgehead atoms. The zero-order valence-electron chi connectivity index (χ0n) is 6.68. The summed E-state index contributed by atoms with van der Waals surface area (Å²) in [5, 5.41) is 2.97. The van der Waals surface area contributed by atoms with Gasteiger partial charge in [-0.1, -0.05) is 0 Å². The molecule has 1 aromatic rings. The monoisotopic (exact) mass is 207 g/mol. The molecule has 0 aliphatic rings. The van der Waals surface area contributed by atoms with Crippen LogP contribution in [-0.4, -0.2) is 32.5 Å². The number of nitrogens with zero attached hydrogens (tertiary/aromatic N) is 2. The van der Waals surface area contributed by atoms with E-state index in [-0.39, 0.29) is 4.34 Å². The van der Waals surface area contributed by atoms with E-state index in [4.69, 9.17) is 0 Å². The molecule has 1 heterocycles. The van der Waals surface area contributed by atoms with Gasteiger partial charge in [0.05, 0.1) is 0 Å². The molecule has 0 amide bonds. The van der Waals surface area contributed by atoms with Gasteiger partial charge in [-0.15, -0.1) is 16.2 Å². The van der Waals surface area contributed by atoms with Crippen LogP contribution in [0.15, 0.2) is 15.9 Å². The number of thiazole rings is 1. The zero-order valence-corrected chi connectivity index (χ0v) is 8.32. The number of hydrogen-bond donors (Lipinski definition) is 1. The van der Waals surface area contributed by atoms with Gasteiger partial charge in [-0.25, -0.2) is 18.4 Å². The van der Waals surface area contributed by atoms with Crippen molar-refractivity contribution in [2.45, 2.75) is 4.34 Å². The molecule has 1 aromatic heterocycles. The van der Waals surface area contributed by atoms with Gasteiger partial charge in [0.25, 0.3) is 10.0 Å². The summed E-state index contributed by atoms with van der Waals surface area (Å²) in [5.74, 6) is 0. The van der Waals surface area contributed by atoms with Gasteiger partial charge in [-0.05, 0) is 0 Å². The van der Waals surface area contributed by atoms with E-state index in [9.17, 15) is 8.42 Å². The first-order valence-corrected chi connectivity index (χ1v) is 5.48. The van der Waals surface area contributed by atoms with Crippen LogP contribution in [0.2, 0.25) is 0 Å². The minimum absolute atomic E-state index is 0.0798. The molecule has 68 valence electrons. The largest absolute Gasteiger partial charge is 0.280 e. The molecule has 0 radical (unpaired) electrons. The van der Waals surface area contributed by atoms with Crippen LogP contribution in [0.1, 0.15) is 0 Å². The standard InChI is InChI=1S/C5H9N3O2S2/c1-8(2)7-12(9,10)5-6-3-4-11-5/h3-4,7H,1-2H3. The Morgan fingerprint density at radius 3 is 2.67 bits per heavy atom. The van der Waals surface area contributed by atoms with Crippen molar-refractivity contribution in [1.29, 1.82) is 0 Å². The highest BCUT2D eigenvalue weighted by molar-refractivity contribution is 7.91. The SMILES string of the molecule is CN(C)NS(=O)(=O)c1nccs1. The Balaban J connectivity index is 2.88. The van der Waals surface area contributed by atoms with Crippen LogP contribution in [0, 0.1) is 0 Å². The summed E-state index contributed by atoms with van der Waals surface area (Å²) < 4.78 is 22.7. The van der Waals surface area contributed by atoms with Crippen molar-refractivity contribution in [2.24, 2.45) is 0 Å². The minimum atomic E-state index is -3.43. The third-order valence-electron chi connectivity index (χ3n) is 0.942. The summed E-state index contributed by atoms with van der Waals surface area (Å²) in [7, 11) is -0.228. The lowest BCUT2D eigenvalue weighted by Gasteiger charge is -2.09. The smallest absolute Gasteiger partial charge is 0.237 e. The van der Waals surface area contributed by atoms with Crippen LogP contribution in [-0.2, 0) is 10.0 Å². The lowest BCUT2D eigenvalue weighted by Crippen LogP contribution is -2.35. The third kappa shape index (κ3) is 2.24. The molecule has 5 nitrogen and oxygen atoms in total. The molecule has 0 saturated heterocycles. The van der Waals surface area contributed by atoms with Crippen molar-refractivity contribution >= 4 is 21.4 Å². The summed E-state index contributed by atoms with van der Waals surface area (Å²) in [6.07, 6.45) is 1.45. The summed E-state index contributed by atoms with van der Waals surface area (Å²) in [4.78, 5) is 5.96. The molecule has 0 saturated carbocycles. The molecule has 12 heavy (non-hydrogen) atoms. The Morgan fingerprint density at radius 2 is 2.25 bits per heavy atom. The van der Waals surface area contributed by atoms with Crippen LogP contribution in [0.5, 0.6) is 0 Å². The number of hydrazine groups is 1. The van der Waals surface area contributed by atoms with Gasteiger partial charge >= 0.3 is 0 Å². The van der Waals surface area contributed by atoms with E-state index in [1.165, 1.54) is 11.2 Å². The quantitative estimate of drug-likeness (QED) is 0.703. The fourth-order valence-corrected chi connectivity index (χ4v) is 2.53. The number of rotatable bonds is 3. The lowest BCUT2D eigenvalue weighted by molar-refractivity contribution is 0.364. The minimum Gasteiger partial charge on any atom is -0.237 e. The molecule has 0 atom stereocenters. The molecular weight excluding hydrogens is 198 g/mol. The van der Waals surface area contributed by atoms with Crippen molar-refractivity contribution in [3.05, 3.63) is 11.6 Å². The number of nitrogens with one attached hydrogen (secondary N) is 1. The lowest BCUT2D eigenvalue weighted by atomic mass is 11.0. The van der Waals surface area contributed by atoms with Crippen LogP contribution in [0.4, 0.5) is 0 Å². The van der Waals surface area contributed by atoms with E-state index >= 15 is 0 Å². The maximum absolute atomic E-state index is 11.3. The van der Waals surface area contributed by atoms with E-state index in [0.29, 0.717) is 0 Å². The van der Waals surface area contributed by atoms with E-state index in [1.807, 2.05) is 0 Å². The van der Waals surface area contributed by atoms with E-state index in [2.05, 4.69) is 9.82 Å². The Hall–Kier alpha value is -0.500. The molecule has 1 N–H and O–H groups in total. The second-order valence-electron chi connectivity index (χ2n) is 2.29. The van der Waals surface area contributed by atoms with Crippen molar-refractivity contribution in [3.63, 3.8) is 0 Å². The van der Waals surface area contributed by atoms with Crippen molar-refractivity contribution in [2.75, 3.05) is 14.1 Å². The predicted octanol–water partition coefficient (Wildman–Crippen LogP) is -0.102.